The molecule has 0 fully saturated rings. The molecule has 30 heavy (non-hydrogen) atoms. The first-order chi connectivity index (χ1) is 14.5. The van der Waals surface area contributed by atoms with E-state index in [1.807, 2.05) is 36.4 Å². The van der Waals surface area contributed by atoms with E-state index in [0.29, 0.717) is 31.0 Å². The fourth-order valence-electron chi connectivity index (χ4n) is 3.07. The molecule has 162 valence electrons. The molecule has 2 aromatic carbocycles. The third-order valence-corrected chi connectivity index (χ3v) is 4.80. The zero-order valence-corrected chi connectivity index (χ0v) is 17.8. The van der Waals surface area contributed by atoms with Crippen molar-refractivity contribution in [2.24, 2.45) is 0 Å². The Morgan fingerprint density at radius 1 is 1.03 bits per heavy atom. The van der Waals surface area contributed by atoms with Gasteiger partial charge in [0.1, 0.15) is 6.04 Å². The number of hydrogen-bond donors (Lipinski definition) is 2. The number of aliphatic hydroxyl groups is 1. The van der Waals surface area contributed by atoms with Crippen LogP contribution in [0.3, 0.4) is 0 Å². The Morgan fingerprint density at radius 2 is 1.73 bits per heavy atom. The largest absolute Gasteiger partial charge is 0.493 e. The fraction of sp³-hybridized carbons (Fsp3) is 0.391. The number of hydrogen-bond acceptors (Lipinski definition) is 5. The molecule has 2 rings (SSSR count). The van der Waals surface area contributed by atoms with Crippen LogP contribution in [0, 0.1) is 0 Å². The second-order valence-electron chi connectivity index (χ2n) is 6.92. The molecule has 0 heterocycles. The quantitative estimate of drug-likeness (QED) is 0.550. The molecule has 0 aliphatic carbocycles. The van der Waals surface area contributed by atoms with Gasteiger partial charge in [0.2, 0.25) is 11.8 Å². The number of methoxy groups -OCH3 is 2. The van der Waals surface area contributed by atoms with Crippen LogP contribution >= 0.6 is 0 Å². The summed E-state index contributed by atoms with van der Waals surface area (Å²) >= 11 is 0. The highest BCUT2D eigenvalue weighted by Gasteiger charge is 2.26. The van der Waals surface area contributed by atoms with Gasteiger partial charge in [-0.1, -0.05) is 36.4 Å². The van der Waals surface area contributed by atoms with Crippen LogP contribution < -0.4 is 14.8 Å². The lowest BCUT2D eigenvalue weighted by molar-refractivity contribution is -0.140. The number of nitrogens with one attached hydrogen (secondary N) is 1. The van der Waals surface area contributed by atoms with Crippen molar-refractivity contribution in [1.29, 1.82) is 0 Å². The van der Waals surface area contributed by atoms with Crippen LogP contribution in [0.5, 0.6) is 11.5 Å². The highest BCUT2D eigenvalue weighted by molar-refractivity contribution is 5.88. The summed E-state index contributed by atoms with van der Waals surface area (Å²) in [6.45, 7) is 2.40. The summed E-state index contributed by atoms with van der Waals surface area (Å²) in [5.74, 6) is 0.717. The van der Waals surface area contributed by atoms with E-state index in [1.165, 1.54) is 0 Å². The maximum Gasteiger partial charge on any atom is 0.242 e. The normalized spacial score (nSPS) is 11.5. The van der Waals surface area contributed by atoms with Crippen LogP contribution in [0.2, 0.25) is 0 Å². The molecule has 0 aliphatic rings. The molecular formula is C23H30N2O5. The molecule has 0 aromatic heterocycles. The van der Waals surface area contributed by atoms with Crippen LogP contribution in [0.15, 0.2) is 48.5 Å². The summed E-state index contributed by atoms with van der Waals surface area (Å²) < 4.78 is 10.6. The lowest BCUT2D eigenvalue weighted by Gasteiger charge is -2.29. The lowest BCUT2D eigenvalue weighted by atomic mass is 10.1. The number of aliphatic hydroxyl groups excluding tert-OH is 1. The average Bonchev–Trinajstić information content (AvgIpc) is 2.77. The molecule has 0 bridgehead atoms. The van der Waals surface area contributed by atoms with Gasteiger partial charge in [-0.25, -0.2) is 0 Å². The maximum absolute atomic E-state index is 13.2. The summed E-state index contributed by atoms with van der Waals surface area (Å²) in [5.41, 5.74) is 1.71. The molecular weight excluding hydrogens is 384 g/mol. The minimum Gasteiger partial charge on any atom is -0.493 e. The Balaban J connectivity index is 2.20. The van der Waals surface area contributed by atoms with Crippen molar-refractivity contribution < 1.29 is 24.2 Å². The molecule has 7 nitrogen and oxygen atoms in total. The van der Waals surface area contributed by atoms with E-state index >= 15 is 0 Å². The molecule has 0 spiro atoms. The predicted molar refractivity (Wildman–Crippen MR) is 114 cm³/mol. The van der Waals surface area contributed by atoms with Crippen molar-refractivity contribution in [2.75, 3.05) is 27.4 Å². The van der Waals surface area contributed by atoms with E-state index in [2.05, 4.69) is 5.32 Å². The van der Waals surface area contributed by atoms with Crippen LogP contribution in [0.1, 0.15) is 24.5 Å². The number of carbonyl (C=O) groups excluding carboxylic acids is 2. The monoisotopic (exact) mass is 414 g/mol. The molecule has 7 heteroatoms. The summed E-state index contributed by atoms with van der Waals surface area (Å²) in [4.78, 5) is 27.3. The van der Waals surface area contributed by atoms with Crippen LogP contribution in [-0.2, 0) is 22.6 Å². The van der Waals surface area contributed by atoms with Gasteiger partial charge in [0, 0.05) is 19.7 Å². The number of ether oxygens (including phenoxy) is 2. The minimum absolute atomic E-state index is 0.000619. The Kier molecular flexibility index (Phi) is 9.15. The van der Waals surface area contributed by atoms with Crippen LogP contribution in [-0.4, -0.2) is 55.2 Å². The summed E-state index contributed by atoms with van der Waals surface area (Å²) in [7, 11) is 3.10. The average molecular weight is 415 g/mol. The van der Waals surface area contributed by atoms with Gasteiger partial charge in [-0.05, 0) is 36.6 Å². The molecule has 2 N–H and O–H groups in total. The predicted octanol–water partition coefficient (Wildman–Crippen LogP) is 2.16. The van der Waals surface area contributed by atoms with E-state index < -0.39 is 6.04 Å². The smallest absolute Gasteiger partial charge is 0.242 e. The maximum atomic E-state index is 13.2. The van der Waals surface area contributed by atoms with Gasteiger partial charge in [0.25, 0.3) is 0 Å². The van der Waals surface area contributed by atoms with Crippen molar-refractivity contribution in [3.8, 4) is 11.5 Å². The fourth-order valence-corrected chi connectivity index (χ4v) is 3.07. The third kappa shape index (κ3) is 6.49. The highest BCUT2D eigenvalue weighted by atomic mass is 16.5. The molecule has 0 aliphatic heterocycles. The van der Waals surface area contributed by atoms with Gasteiger partial charge in [0.05, 0.1) is 20.6 Å². The van der Waals surface area contributed by atoms with Gasteiger partial charge in [-0.3, -0.25) is 9.59 Å². The Labute approximate surface area is 177 Å². The van der Waals surface area contributed by atoms with E-state index in [-0.39, 0.29) is 24.8 Å². The van der Waals surface area contributed by atoms with E-state index in [1.54, 1.807) is 38.2 Å². The number of nitrogens with zero attached hydrogens (tertiary/aromatic N) is 1. The number of carbonyl (C=O) groups is 2. The van der Waals surface area contributed by atoms with Crippen molar-refractivity contribution >= 4 is 11.8 Å². The first kappa shape index (κ1) is 23.2. The molecule has 2 amide bonds. The minimum atomic E-state index is -0.656. The van der Waals surface area contributed by atoms with Gasteiger partial charge < -0.3 is 24.8 Å². The first-order valence-corrected chi connectivity index (χ1v) is 9.93. The molecule has 2 aromatic rings. The summed E-state index contributed by atoms with van der Waals surface area (Å²) in [5, 5.41) is 11.7. The SMILES string of the molecule is COc1ccc(CC(=O)N(Cc2ccccc2)[C@H](C)C(=O)NCCCO)cc1OC. The highest BCUT2D eigenvalue weighted by Crippen LogP contribution is 2.28. The van der Waals surface area contributed by atoms with Crippen molar-refractivity contribution in [3.05, 3.63) is 59.7 Å². The molecule has 0 saturated carbocycles. The summed E-state index contributed by atoms with van der Waals surface area (Å²) in [6, 6.07) is 14.2. The Hall–Kier alpha value is -3.06. The van der Waals surface area contributed by atoms with Crippen molar-refractivity contribution in [3.63, 3.8) is 0 Å². The Morgan fingerprint density at radius 3 is 2.37 bits per heavy atom. The van der Waals surface area contributed by atoms with Gasteiger partial charge in [-0.2, -0.15) is 0 Å². The number of rotatable bonds is 11. The van der Waals surface area contributed by atoms with Crippen molar-refractivity contribution in [1.82, 2.24) is 10.2 Å². The van der Waals surface area contributed by atoms with Gasteiger partial charge >= 0.3 is 0 Å². The summed E-state index contributed by atoms with van der Waals surface area (Å²) in [6.07, 6.45) is 0.595. The molecule has 0 saturated heterocycles. The topological polar surface area (TPSA) is 88.1 Å². The zero-order valence-electron chi connectivity index (χ0n) is 17.8. The van der Waals surface area contributed by atoms with Gasteiger partial charge in [-0.15, -0.1) is 0 Å². The van der Waals surface area contributed by atoms with E-state index in [9.17, 15) is 9.59 Å². The van der Waals surface area contributed by atoms with Crippen LogP contribution in [0.25, 0.3) is 0 Å². The second-order valence-corrected chi connectivity index (χ2v) is 6.92. The number of benzene rings is 2. The molecule has 0 radical (unpaired) electrons. The lowest BCUT2D eigenvalue weighted by Crippen LogP contribution is -2.48. The van der Waals surface area contributed by atoms with E-state index in [4.69, 9.17) is 14.6 Å². The standard InChI is InChI=1S/C23H30N2O5/c1-17(23(28)24-12-7-13-26)25(16-18-8-5-4-6-9-18)22(27)15-19-10-11-20(29-2)21(14-19)30-3/h4-6,8-11,14,17,26H,7,12-13,15-16H2,1-3H3,(H,24,28)/t17-/m1/s1. The number of amides is 2. The zero-order chi connectivity index (χ0) is 21.9. The second kappa shape index (κ2) is 11.8. The third-order valence-electron chi connectivity index (χ3n) is 4.80. The molecule has 1 atom stereocenters. The van der Waals surface area contributed by atoms with E-state index in [0.717, 1.165) is 11.1 Å². The van der Waals surface area contributed by atoms with Gasteiger partial charge in [0.15, 0.2) is 11.5 Å². The van der Waals surface area contributed by atoms with Crippen molar-refractivity contribution in [2.45, 2.75) is 32.4 Å². The van der Waals surface area contributed by atoms with Crippen LogP contribution in [0.4, 0.5) is 0 Å². The first-order valence-electron chi connectivity index (χ1n) is 9.93. The Bertz CT molecular complexity index is 826. The molecule has 0 unspecified atom stereocenters.